The van der Waals surface area contributed by atoms with Gasteiger partial charge in [-0.3, -0.25) is 14.9 Å². The molecule has 0 unspecified atom stereocenters. The molecule has 2 aromatic heterocycles. The lowest BCUT2D eigenvalue weighted by atomic mass is 9.95. The number of amides is 2. The van der Waals surface area contributed by atoms with Crippen LogP contribution >= 0.6 is 11.3 Å². The van der Waals surface area contributed by atoms with Crippen LogP contribution in [0.4, 0.5) is 0 Å². The first-order chi connectivity index (χ1) is 16.6. The van der Waals surface area contributed by atoms with E-state index in [2.05, 4.69) is 47.8 Å². The van der Waals surface area contributed by atoms with E-state index >= 15 is 0 Å². The summed E-state index contributed by atoms with van der Waals surface area (Å²) in [7, 11) is 1.95. The number of hydrogen-bond acceptors (Lipinski definition) is 3. The molecule has 3 aromatic carbocycles. The molecule has 5 aromatic rings. The topological polar surface area (TPSA) is 51.1 Å². The first kappa shape index (κ1) is 20.4. The molecule has 0 bridgehead atoms. The number of aryl methyl sites for hydroxylation is 1. The molecule has 1 aliphatic heterocycles. The van der Waals surface area contributed by atoms with Crippen molar-refractivity contribution in [3.63, 3.8) is 0 Å². The van der Waals surface area contributed by atoms with Crippen molar-refractivity contribution in [1.29, 1.82) is 0 Å². The van der Waals surface area contributed by atoms with Gasteiger partial charge in [-0.25, -0.2) is 0 Å². The van der Waals surface area contributed by atoms with Crippen molar-refractivity contribution < 1.29 is 9.59 Å². The highest BCUT2D eigenvalue weighted by Gasteiger charge is 2.34. The van der Waals surface area contributed by atoms with E-state index < -0.39 is 0 Å². The molecule has 0 spiro atoms. The number of para-hydroxylation sites is 1. The quantitative estimate of drug-likeness (QED) is 0.259. The van der Waals surface area contributed by atoms with E-state index in [1.807, 2.05) is 65.7 Å². The van der Waals surface area contributed by atoms with Crippen LogP contribution in [0.25, 0.3) is 44.3 Å². The van der Waals surface area contributed by atoms with E-state index in [-0.39, 0.29) is 11.8 Å². The summed E-state index contributed by atoms with van der Waals surface area (Å²) in [5.74, 6) is -0.700. The number of nitrogens with one attached hydrogen (secondary N) is 1. The maximum absolute atomic E-state index is 13.0. The Morgan fingerprint density at radius 3 is 2.29 bits per heavy atom. The van der Waals surface area contributed by atoms with Crippen molar-refractivity contribution in [3.8, 4) is 0 Å². The van der Waals surface area contributed by atoms with E-state index in [1.54, 1.807) is 11.3 Å². The second kappa shape index (κ2) is 7.97. The van der Waals surface area contributed by atoms with Gasteiger partial charge in [0.25, 0.3) is 11.8 Å². The third-order valence-electron chi connectivity index (χ3n) is 6.23. The fourth-order valence-corrected chi connectivity index (χ4v) is 5.54. The van der Waals surface area contributed by atoms with Crippen molar-refractivity contribution in [3.05, 3.63) is 107 Å². The highest BCUT2D eigenvalue weighted by Crippen LogP contribution is 2.40. The van der Waals surface area contributed by atoms with Crippen LogP contribution in [0.15, 0.2) is 84.4 Å². The average molecular weight is 461 g/mol. The second-order valence-electron chi connectivity index (χ2n) is 8.35. The number of benzene rings is 3. The van der Waals surface area contributed by atoms with Crippen LogP contribution in [-0.4, -0.2) is 16.4 Å². The summed E-state index contributed by atoms with van der Waals surface area (Å²) >= 11 is 1.58. The minimum atomic E-state index is -0.351. The van der Waals surface area contributed by atoms with Gasteiger partial charge in [0.2, 0.25) is 0 Å². The van der Waals surface area contributed by atoms with Gasteiger partial charge in [-0.2, -0.15) is 0 Å². The van der Waals surface area contributed by atoms with Crippen molar-refractivity contribution in [2.24, 2.45) is 7.05 Å². The minimum Gasteiger partial charge on any atom is -0.350 e. The maximum Gasteiger partial charge on any atom is 0.259 e. The molecule has 1 N–H and O–H groups in total. The molecule has 0 atom stereocenters. The van der Waals surface area contributed by atoms with Crippen molar-refractivity contribution in [2.75, 3.05) is 0 Å². The molecule has 0 radical (unpaired) electrons. The third-order valence-corrected chi connectivity index (χ3v) is 7.20. The van der Waals surface area contributed by atoms with Gasteiger partial charge in [0.15, 0.2) is 0 Å². The Labute approximate surface area is 200 Å². The molecule has 2 amide bonds. The standard InChI is InChI=1S/C29H20N2O2S/c1-31-16-22(20-9-5-6-10-24(20)31)26-27(29(33)30-28(26)32)23-17-34-25-14-13-19(15-21(23)25)12-11-18-7-3-2-4-8-18/h2-17H,1H3,(H,30,32,33)/b12-11+. The van der Waals surface area contributed by atoms with Crippen molar-refractivity contribution in [2.45, 2.75) is 0 Å². The zero-order valence-electron chi connectivity index (χ0n) is 18.4. The maximum atomic E-state index is 13.0. The largest absolute Gasteiger partial charge is 0.350 e. The smallest absolute Gasteiger partial charge is 0.259 e. The third kappa shape index (κ3) is 3.29. The predicted molar refractivity (Wildman–Crippen MR) is 140 cm³/mol. The lowest BCUT2D eigenvalue weighted by Gasteiger charge is -2.04. The summed E-state index contributed by atoms with van der Waals surface area (Å²) in [5, 5.41) is 6.44. The summed E-state index contributed by atoms with van der Waals surface area (Å²) < 4.78 is 3.06. The summed E-state index contributed by atoms with van der Waals surface area (Å²) in [4.78, 5) is 26.0. The van der Waals surface area contributed by atoms with Gasteiger partial charge in [0, 0.05) is 50.7 Å². The Balaban J connectivity index is 1.53. The van der Waals surface area contributed by atoms with Gasteiger partial charge in [0.1, 0.15) is 0 Å². The van der Waals surface area contributed by atoms with Gasteiger partial charge in [0.05, 0.1) is 11.1 Å². The van der Waals surface area contributed by atoms with Gasteiger partial charge < -0.3 is 4.57 Å². The molecular formula is C29H20N2O2S. The molecule has 0 saturated carbocycles. The average Bonchev–Trinajstić information content (AvgIpc) is 3.51. The number of carbonyl (C=O) groups is 2. The molecule has 34 heavy (non-hydrogen) atoms. The number of fused-ring (bicyclic) bond motifs is 2. The first-order valence-electron chi connectivity index (χ1n) is 11.0. The molecule has 0 fully saturated rings. The van der Waals surface area contributed by atoms with E-state index in [1.165, 1.54) is 0 Å². The van der Waals surface area contributed by atoms with Crippen LogP contribution in [0, 0.1) is 0 Å². The number of rotatable bonds is 4. The fraction of sp³-hybridized carbons (Fsp3) is 0.0345. The van der Waals surface area contributed by atoms with Crippen LogP contribution in [0.5, 0.6) is 0 Å². The zero-order valence-corrected chi connectivity index (χ0v) is 19.2. The van der Waals surface area contributed by atoms with Gasteiger partial charge in [-0.05, 0) is 29.3 Å². The highest BCUT2D eigenvalue weighted by atomic mass is 32.1. The highest BCUT2D eigenvalue weighted by molar-refractivity contribution is 7.17. The van der Waals surface area contributed by atoms with Crippen LogP contribution in [0.2, 0.25) is 0 Å². The molecule has 6 rings (SSSR count). The molecule has 1 aliphatic rings. The Kier molecular flexibility index (Phi) is 4.78. The number of imide groups is 1. The summed E-state index contributed by atoms with van der Waals surface area (Å²) in [5.41, 5.74) is 5.61. The van der Waals surface area contributed by atoms with Gasteiger partial charge in [-0.15, -0.1) is 11.3 Å². The van der Waals surface area contributed by atoms with Crippen LogP contribution in [-0.2, 0) is 16.6 Å². The monoisotopic (exact) mass is 460 g/mol. The molecule has 4 nitrogen and oxygen atoms in total. The zero-order chi connectivity index (χ0) is 23.2. The Hall–Kier alpha value is -4.22. The van der Waals surface area contributed by atoms with E-state index in [0.29, 0.717) is 11.1 Å². The summed E-state index contributed by atoms with van der Waals surface area (Å²) in [6.45, 7) is 0. The molecular weight excluding hydrogens is 440 g/mol. The van der Waals surface area contributed by atoms with E-state index in [0.717, 1.165) is 43.2 Å². The molecule has 164 valence electrons. The number of hydrogen-bond donors (Lipinski definition) is 1. The molecule has 0 saturated heterocycles. The SMILES string of the molecule is Cn1cc(C2=C(c3csc4ccc(/C=C/c5ccccc5)cc34)C(=O)NC2=O)c2ccccc21. The van der Waals surface area contributed by atoms with Crippen LogP contribution in [0.3, 0.4) is 0 Å². The van der Waals surface area contributed by atoms with Crippen molar-refractivity contribution >= 4 is 67.4 Å². The number of nitrogens with zero attached hydrogens (tertiary/aromatic N) is 1. The van der Waals surface area contributed by atoms with Crippen LogP contribution < -0.4 is 5.32 Å². The number of aromatic nitrogens is 1. The summed E-state index contributed by atoms with van der Waals surface area (Å²) in [6, 6.07) is 24.3. The first-order valence-corrected chi connectivity index (χ1v) is 11.9. The van der Waals surface area contributed by atoms with Gasteiger partial charge in [-0.1, -0.05) is 66.7 Å². The van der Waals surface area contributed by atoms with Gasteiger partial charge >= 0.3 is 0 Å². The Morgan fingerprint density at radius 1 is 0.765 bits per heavy atom. The lowest BCUT2D eigenvalue weighted by molar-refractivity contribution is -0.122. The summed E-state index contributed by atoms with van der Waals surface area (Å²) in [6.07, 6.45) is 6.07. The Bertz CT molecular complexity index is 1670. The fourth-order valence-electron chi connectivity index (χ4n) is 4.61. The lowest BCUT2D eigenvalue weighted by Crippen LogP contribution is -2.22. The molecule has 5 heteroatoms. The Morgan fingerprint density at radius 2 is 1.47 bits per heavy atom. The number of carbonyl (C=O) groups excluding carboxylic acids is 2. The van der Waals surface area contributed by atoms with E-state index in [9.17, 15) is 9.59 Å². The van der Waals surface area contributed by atoms with E-state index in [4.69, 9.17) is 0 Å². The normalized spacial score (nSPS) is 14.1. The van der Waals surface area contributed by atoms with Crippen molar-refractivity contribution in [1.82, 2.24) is 9.88 Å². The molecule has 0 aliphatic carbocycles. The second-order valence-corrected chi connectivity index (χ2v) is 9.26. The minimum absolute atomic E-state index is 0.349. The number of thiophene rings is 1. The predicted octanol–water partition coefficient (Wildman–Crippen LogP) is 6.13. The molecule has 3 heterocycles. The van der Waals surface area contributed by atoms with Crippen LogP contribution in [0.1, 0.15) is 22.3 Å².